The number of carbonyl (C=O) groups is 2. The minimum atomic E-state index is -1.11. The highest BCUT2D eigenvalue weighted by atomic mass is 19.1. The third-order valence-electron chi connectivity index (χ3n) is 7.31. The van der Waals surface area contributed by atoms with Crippen LogP contribution in [0.5, 0.6) is 23.0 Å². The van der Waals surface area contributed by atoms with Crippen LogP contribution in [0.4, 0.5) is 10.1 Å². The molecular weight excluding hydrogens is 515 g/mol. The Morgan fingerprint density at radius 2 is 1.62 bits per heavy atom. The summed E-state index contributed by atoms with van der Waals surface area (Å²) >= 11 is 0. The molecule has 3 aromatic rings. The van der Waals surface area contributed by atoms with Gasteiger partial charge in [-0.25, -0.2) is 4.39 Å². The number of amides is 2. The molecule has 0 aromatic heterocycles. The summed E-state index contributed by atoms with van der Waals surface area (Å²) < 4.78 is 36.8. The number of fused-ring (bicyclic) bond motifs is 1. The number of carbonyl (C=O) groups excluding carboxylic acids is 2. The second-order valence-corrected chi connectivity index (χ2v) is 9.91. The Bertz CT molecular complexity index is 1340. The lowest BCUT2D eigenvalue weighted by Gasteiger charge is -2.36. The molecule has 1 fully saturated rings. The SMILES string of the molecule is COc1ccc([C@H](C(=O)NC2CCCCC2)N(C(=O)[C@H]2COc3ccccc3O2)c2ccc(F)cc2)cc1OC. The first-order valence-electron chi connectivity index (χ1n) is 13.5. The molecule has 9 heteroatoms. The summed E-state index contributed by atoms with van der Waals surface area (Å²) in [5.74, 6) is 0.545. The van der Waals surface area contributed by atoms with Crippen molar-refractivity contribution in [1.29, 1.82) is 0 Å². The molecule has 2 atom stereocenters. The van der Waals surface area contributed by atoms with Gasteiger partial charge in [0.25, 0.3) is 5.91 Å². The van der Waals surface area contributed by atoms with Gasteiger partial charge in [0.2, 0.25) is 12.0 Å². The van der Waals surface area contributed by atoms with Crippen LogP contribution in [0.3, 0.4) is 0 Å². The van der Waals surface area contributed by atoms with E-state index in [-0.39, 0.29) is 18.6 Å². The van der Waals surface area contributed by atoms with Gasteiger partial charge in [-0.1, -0.05) is 37.5 Å². The van der Waals surface area contributed by atoms with Crippen LogP contribution in [0.25, 0.3) is 0 Å². The van der Waals surface area contributed by atoms with Crippen molar-refractivity contribution in [2.45, 2.75) is 50.3 Å². The van der Waals surface area contributed by atoms with Gasteiger partial charge in [0.05, 0.1) is 14.2 Å². The highest BCUT2D eigenvalue weighted by Gasteiger charge is 2.40. The van der Waals surface area contributed by atoms with Crippen molar-refractivity contribution in [3.8, 4) is 23.0 Å². The summed E-state index contributed by atoms with van der Waals surface area (Å²) in [6.07, 6.45) is 3.88. The third kappa shape index (κ3) is 5.83. The van der Waals surface area contributed by atoms with Crippen molar-refractivity contribution in [3.05, 3.63) is 78.1 Å². The predicted octanol–water partition coefficient (Wildman–Crippen LogP) is 5.21. The Labute approximate surface area is 233 Å². The Kier molecular flexibility index (Phi) is 8.38. The number of ether oxygens (including phenoxy) is 4. The van der Waals surface area contributed by atoms with Gasteiger partial charge in [-0.15, -0.1) is 0 Å². The molecule has 5 rings (SSSR count). The normalized spacial score (nSPS) is 17.4. The number of para-hydroxylation sites is 2. The van der Waals surface area contributed by atoms with Crippen molar-refractivity contribution >= 4 is 17.5 Å². The summed E-state index contributed by atoms with van der Waals surface area (Å²) in [7, 11) is 3.03. The van der Waals surface area contributed by atoms with Crippen LogP contribution in [0.2, 0.25) is 0 Å². The monoisotopic (exact) mass is 548 g/mol. The molecular formula is C31H33FN2O6. The zero-order chi connectivity index (χ0) is 28.1. The first-order valence-corrected chi connectivity index (χ1v) is 13.5. The summed E-state index contributed by atoms with van der Waals surface area (Å²) in [5.41, 5.74) is 0.841. The molecule has 40 heavy (non-hydrogen) atoms. The summed E-state index contributed by atoms with van der Waals surface area (Å²) in [6, 6.07) is 16.5. The van der Waals surface area contributed by atoms with Gasteiger partial charge in [0.15, 0.2) is 23.0 Å². The lowest BCUT2D eigenvalue weighted by molar-refractivity contribution is -0.132. The standard InChI is InChI=1S/C31H33FN2O6/c1-37-24-17-12-20(18-27(24)38-2)29(30(35)33-22-8-4-3-5-9-22)34(23-15-13-21(32)14-16-23)31(36)28-19-39-25-10-6-7-11-26(25)40-28/h6-7,10-18,22,28-29H,3-5,8-9,19H2,1-2H3,(H,33,35)/t28-,29-/m1/s1. The molecule has 0 saturated heterocycles. The van der Waals surface area contributed by atoms with Crippen LogP contribution in [0.1, 0.15) is 43.7 Å². The van der Waals surface area contributed by atoms with E-state index in [0.29, 0.717) is 34.2 Å². The zero-order valence-electron chi connectivity index (χ0n) is 22.6. The Balaban J connectivity index is 1.58. The average molecular weight is 549 g/mol. The quantitative estimate of drug-likeness (QED) is 0.416. The number of nitrogens with zero attached hydrogens (tertiary/aromatic N) is 1. The summed E-state index contributed by atoms with van der Waals surface area (Å²) in [4.78, 5) is 29.7. The first kappa shape index (κ1) is 27.3. The highest BCUT2D eigenvalue weighted by molar-refractivity contribution is 6.03. The summed E-state index contributed by atoms with van der Waals surface area (Å²) in [5, 5.41) is 3.17. The number of hydrogen-bond acceptors (Lipinski definition) is 6. The maximum Gasteiger partial charge on any atom is 0.272 e. The molecule has 1 heterocycles. The van der Waals surface area contributed by atoms with Gasteiger partial charge in [-0.2, -0.15) is 0 Å². The number of hydrogen-bond donors (Lipinski definition) is 1. The lowest BCUT2D eigenvalue weighted by atomic mass is 9.94. The van der Waals surface area contributed by atoms with E-state index in [2.05, 4.69) is 5.32 Å². The van der Waals surface area contributed by atoms with Crippen LogP contribution in [-0.2, 0) is 9.59 Å². The van der Waals surface area contributed by atoms with Crippen molar-refractivity contribution in [1.82, 2.24) is 5.32 Å². The molecule has 1 N–H and O–H groups in total. The Hall–Kier alpha value is -4.27. The van der Waals surface area contributed by atoms with Gasteiger partial charge in [0, 0.05) is 11.7 Å². The third-order valence-corrected chi connectivity index (χ3v) is 7.31. The predicted molar refractivity (Wildman–Crippen MR) is 148 cm³/mol. The molecule has 1 saturated carbocycles. The highest BCUT2D eigenvalue weighted by Crippen LogP contribution is 2.37. The van der Waals surface area contributed by atoms with Gasteiger partial charge in [-0.3, -0.25) is 14.5 Å². The maximum absolute atomic E-state index is 14.3. The van der Waals surface area contributed by atoms with Gasteiger partial charge < -0.3 is 24.3 Å². The Morgan fingerprint density at radius 3 is 2.33 bits per heavy atom. The van der Waals surface area contributed by atoms with Crippen LogP contribution in [0, 0.1) is 5.82 Å². The minimum Gasteiger partial charge on any atom is -0.493 e. The molecule has 0 bridgehead atoms. The Morgan fingerprint density at radius 1 is 0.925 bits per heavy atom. The van der Waals surface area contributed by atoms with Crippen molar-refractivity contribution in [2.75, 3.05) is 25.7 Å². The number of benzene rings is 3. The molecule has 1 aliphatic carbocycles. The van der Waals surface area contributed by atoms with E-state index in [9.17, 15) is 14.0 Å². The molecule has 2 amide bonds. The molecule has 0 unspecified atom stereocenters. The lowest BCUT2D eigenvalue weighted by Crippen LogP contribution is -2.52. The fraction of sp³-hybridized carbons (Fsp3) is 0.355. The second kappa shape index (κ2) is 12.3. The molecule has 1 aliphatic heterocycles. The van der Waals surface area contributed by atoms with E-state index in [1.54, 1.807) is 36.4 Å². The van der Waals surface area contributed by atoms with Crippen LogP contribution in [0.15, 0.2) is 66.7 Å². The number of methoxy groups -OCH3 is 2. The van der Waals surface area contributed by atoms with Gasteiger partial charge >= 0.3 is 0 Å². The number of nitrogens with one attached hydrogen (secondary N) is 1. The number of rotatable bonds is 8. The smallest absolute Gasteiger partial charge is 0.272 e. The van der Waals surface area contributed by atoms with Crippen LogP contribution < -0.4 is 29.2 Å². The van der Waals surface area contributed by atoms with Crippen molar-refractivity contribution in [2.24, 2.45) is 0 Å². The van der Waals surface area contributed by atoms with Crippen LogP contribution >= 0.6 is 0 Å². The van der Waals surface area contributed by atoms with E-state index in [4.69, 9.17) is 18.9 Å². The van der Waals surface area contributed by atoms with E-state index in [0.717, 1.165) is 32.1 Å². The minimum absolute atomic E-state index is 0.00444. The van der Waals surface area contributed by atoms with Gasteiger partial charge in [-0.05, 0) is 66.9 Å². The number of halogens is 1. The fourth-order valence-corrected chi connectivity index (χ4v) is 5.27. The molecule has 210 valence electrons. The second-order valence-electron chi connectivity index (χ2n) is 9.91. The molecule has 0 radical (unpaired) electrons. The molecule has 3 aromatic carbocycles. The van der Waals surface area contributed by atoms with Crippen LogP contribution in [-0.4, -0.2) is 44.8 Å². The van der Waals surface area contributed by atoms with E-state index in [1.165, 1.54) is 43.4 Å². The first-order chi connectivity index (χ1) is 19.5. The van der Waals surface area contributed by atoms with E-state index < -0.39 is 23.9 Å². The van der Waals surface area contributed by atoms with E-state index in [1.807, 2.05) is 6.07 Å². The average Bonchev–Trinajstić information content (AvgIpc) is 3.00. The fourth-order valence-electron chi connectivity index (χ4n) is 5.27. The maximum atomic E-state index is 14.3. The molecule has 8 nitrogen and oxygen atoms in total. The van der Waals surface area contributed by atoms with Gasteiger partial charge in [0.1, 0.15) is 18.5 Å². The van der Waals surface area contributed by atoms with Crippen molar-refractivity contribution in [3.63, 3.8) is 0 Å². The van der Waals surface area contributed by atoms with Crippen molar-refractivity contribution < 1.29 is 32.9 Å². The van der Waals surface area contributed by atoms with E-state index >= 15 is 0 Å². The number of anilines is 1. The molecule has 2 aliphatic rings. The molecule has 0 spiro atoms. The topological polar surface area (TPSA) is 86.3 Å². The largest absolute Gasteiger partial charge is 0.493 e. The summed E-state index contributed by atoms with van der Waals surface area (Å²) in [6.45, 7) is -0.0452. The zero-order valence-corrected chi connectivity index (χ0v) is 22.6.